The van der Waals surface area contributed by atoms with Crippen LogP contribution in [0.25, 0.3) is 0 Å². The fraction of sp³-hybridized carbons (Fsp3) is 0.172. The largest absolute Gasteiger partial charge is 0.462 e. The average molecular weight is 472 g/mol. The van der Waals surface area contributed by atoms with Crippen LogP contribution in [0.5, 0.6) is 0 Å². The molecule has 1 N–H and O–H groups in total. The minimum atomic E-state index is -0.538. The van der Waals surface area contributed by atoms with Crippen LogP contribution in [0.15, 0.2) is 108 Å². The van der Waals surface area contributed by atoms with Crippen LogP contribution < -0.4 is 5.32 Å². The molecule has 4 rings (SSSR count). The zero-order chi connectivity index (χ0) is 23.9. The molecule has 3 aromatic carbocycles. The fourth-order valence-corrected chi connectivity index (χ4v) is 4.56. The topological polar surface area (TPSA) is 55.4 Å². The number of benzene rings is 3. The first kappa shape index (κ1) is 23.5. The van der Waals surface area contributed by atoms with Crippen molar-refractivity contribution in [3.63, 3.8) is 0 Å². The maximum atomic E-state index is 13.2. The van der Waals surface area contributed by atoms with Crippen molar-refractivity contribution in [2.45, 2.75) is 25.2 Å². The van der Waals surface area contributed by atoms with Crippen molar-refractivity contribution >= 4 is 23.9 Å². The van der Waals surface area contributed by atoms with Crippen molar-refractivity contribution in [2.24, 2.45) is 0 Å². The number of dihydropyridines is 1. The number of aldehydes is 1. The molecule has 0 aliphatic carbocycles. The van der Waals surface area contributed by atoms with E-state index >= 15 is 0 Å². The summed E-state index contributed by atoms with van der Waals surface area (Å²) in [6, 6.07) is 27.6. The van der Waals surface area contributed by atoms with E-state index in [2.05, 4.69) is 29.6 Å². The number of rotatable bonds is 8. The Morgan fingerprint density at radius 2 is 1.65 bits per heavy atom. The zero-order valence-electron chi connectivity index (χ0n) is 18.9. The second-order valence-corrected chi connectivity index (χ2v) is 8.67. The van der Waals surface area contributed by atoms with Crippen LogP contribution in [0.3, 0.4) is 0 Å². The second kappa shape index (κ2) is 11.0. The summed E-state index contributed by atoms with van der Waals surface area (Å²) in [6.45, 7) is 2.05. The summed E-state index contributed by atoms with van der Waals surface area (Å²) in [5.74, 6) is -0.891. The second-order valence-electron chi connectivity index (χ2n) is 8.23. The van der Waals surface area contributed by atoms with Gasteiger partial charge >= 0.3 is 5.97 Å². The molecule has 5 heteroatoms. The molecule has 0 saturated carbocycles. The molecule has 1 aliphatic heterocycles. The lowest BCUT2D eigenvalue weighted by molar-refractivity contribution is -0.139. The van der Waals surface area contributed by atoms with Crippen LogP contribution in [0.1, 0.15) is 41.9 Å². The number of carbonyl (C=O) groups excluding carboxylic acids is 2. The standard InChI is InChI=1S/C29H26ClNO3/c1-20-27(19-32)28(23-13-8-14-24(30)17-23)26(18-31-20)29(33)34-16-15-25(21-9-4-2-5-10-21)22-11-6-3-7-12-22/h2-14,17-19,25,28,31H,15-16H2,1H3. The number of ether oxygens (including phenoxy) is 1. The third kappa shape index (κ3) is 5.29. The number of hydrogen-bond donors (Lipinski definition) is 1. The smallest absolute Gasteiger partial charge is 0.336 e. The van der Waals surface area contributed by atoms with Crippen molar-refractivity contribution in [1.29, 1.82) is 0 Å². The Morgan fingerprint density at radius 3 is 2.24 bits per heavy atom. The Balaban J connectivity index is 1.52. The Bertz CT molecular complexity index is 1180. The normalized spacial score (nSPS) is 15.5. The van der Waals surface area contributed by atoms with Gasteiger partial charge in [-0.2, -0.15) is 0 Å². The van der Waals surface area contributed by atoms with Crippen LogP contribution in [-0.4, -0.2) is 18.9 Å². The number of esters is 1. The summed E-state index contributed by atoms with van der Waals surface area (Å²) < 4.78 is 5.75. The first-order valence-corrected chi connectivity index (χ1v) is 11.6. The molecule has 0 amide bonds. The molecule has 4 nitrogen and oxygen atoms in total. The number of carbonyl (C=O) groups is 2. The quantitative estimate of drug-likeness (QED) is 0.316. The SMILES string of the molecule is CC1=C(C=O)C(c2cccc(Cl)c2)C(C(=O)OCCC(c2ccccc2)c2ccccc2)=CN1. The summed E-state index contributed by atoms with van der Waals surface area (Å²) in [7, 11) is 0. The van der Waals surface area contributed by atoms with E-state index in [0.29, 0.717) is 28.3 Å². The minimum Gasteiger partial charge on any atom is -0.462 e. The molecule has 1 aliphatic rings. The van der Waals surface area contributed by atoms with Gasteiger partial charge in [-0.1, -0.05) is 84.4 Å². The zero-order valence-corrected chi connectivity index (χ0v) is 19.7. The molecule has 0 radical (unpaired) electrons. The van der Waals surface area contributed by atoms with E-state index in [0.717, 1.165) is 11.8 Å². The highest BCUT2D eigenvalue weighted by atomic mass is 35.5. The van der Waals surface area contributed by atoms with Gasteiger partial charge in [0.05, 0.1) is 12.2 Å². The van der Waals surface area contributed by atoms with Gasteiger partial charge in [-0.05, 0) is 42.2 Å². The molecule has 172 valence electrons. The lowest BCUT2D eigenvalue weighted by Gasteiger charge is -2.26. The van der Waals surface area contributed by atoms with E-state index in [1.807, 2.05) is 55.5 Å². The van der Waals surface area contributed by atoms with Crippen LogP contribution in [0, 0.1) is 0 Å². The number of hydrogen-bond acceptors (Lipinski definition) is 4. The molecule has 0 spiro atoms. The molecule has 0 bridgehead atoms. The number of nitrogens with one attached hydrogen (secondary N) is 1. The molecular formula is C29H26ClNO3. The molecule has 3 aromatic rings. The van der Waals surface area contributed by atoms with Crippen molar-refractivity contribution in [1.82, 2.24) is 5.32 Å². The van der Waals surface area contributed by atoms with E-state index in [4.69, 9.17) is 16.3 Å². The van der Waals surface area contributed by atoms with Crippen LogP contribution in [0.2, 0.25) is 5.02 Å². The predicted octanol–water partition coefficient (Wildman–Crippen LogP) is 6.15. The maximum Gasteiger partial charge on any atom is 0.336 e. The first-order chi connectivity index (χ1) is 16.6. The van der Waals surface area contributed by atoms with E-state index in [1.54, 1.807) is 18.3 Å². The van der Waals surface area contributed by atoms with Gasteiger partial charge in [0.25, 0.3) is 0 Å². The van der Waals surface area contributed by atoms with Crippen molar-refractivity contribution in [3.05, 3.63) is 130 Å². The molecule has 1 heterocycles. The van der Waals surface area contributed by atoms with E-state index in [1.165, 1.54) is 11.1 Å². The van der Waals surface area contributed by atoms with Crippen LogP contribution in [0.4, 0.5) is 0 Å². The van der Waals surface area contributed by atoms with E-state index < -0.39 is 11.9 Å². The minimum absolute atomic E-state index is 0.102. The summed E-state index contributed by atoms with van der Waals surface area (Å²) in [6.07, 6.45) is 3.05. The lowest BCUT2D eigenvalue weighted by Crippen LogP contribution is -2.26. The molecule has 34 heavy (non-hydrogen) atoms. The molecule has 0 fully saturated rings. The third-order valence-corrected chi connectivity index (χ3v) is 6.32. The predicted molar refractivity (Wildman–Crippen MR) is 134 cm³/mol. The Hall–Kier alpha value is -3.63. The van der Waals surface area contributed by atoms with Gasteiger partial charge in [0.2, 0.25) is 0 Å². The summed E-state index contributed by atoms with van der Waals surface area (Å²) >= 11 is 6.20. The number of allylic oxidation sites excluding steroid dienone is 2. The summed E-state index contributed by atoms with van der Waals surface area (Å²) in [5, 5.41) is 3.57. The molecule has 1 unspecified atom stereocenters. The maximum absolute atomic E-state index is 13.2. The fourth-order valence-electron chi connectivity index (χ4n) is 4.36. The van der Waals surface area contributed by atoms with E-state index in [-0.39, 0.29) is 12.5 Å². The van der Waals surface area contributed by atoms with Crippen molar-refractivity contribution in [3.8, 4) is 0 Å². The van der Waals surface area contributed by atoms with Gasteiger partial charge in [0, 0.05) is 34.3 Å². The lowest BCUT2D eigenvalue weighted by atomic mass is 9.83. The Labute approximate surface area is 204 Å². The average Bonchev–Trinajstić information content (AvgIpc) is 2.87. The highest BCUT2D eigenvalue weighted by Gasteiger charge is 2.31. The highest BCUT2D eigenvalue weighted by Crippen LogP contribution is 2.36. The van der Waals surface area contributed by atoms with Crippen molar-refractivity contribution in [2.75, 3.05) is 6.61 Å². The van der Waals surface area contributed by atoms with Gasteiger partial charge < -0.3 is 10.1 Å². The van der Waals surface area contributed by atoms with E-state index in [9.17, 15) is 9.59 Å². The third-order valence-electron chi connectivity index (χ3n) is 6.09. The van der Waals surface area contributed by atoms with Crippen LogP contribution in [-0.2, 0) is 14.3 Å². The highest BCUT2D eigenvalue weighted by molar-refractivity contribution is 6.30. The molecular weight excluding hydrogens is 446 g/mol. The summed E-state index contributed by atoms with van der Waals surface area (Å²) in [5.41, 5.74) is 4.67. The molecule has 0 aromatic heterocycles. The van der Waals surface area contributed by atoms with Gasteiger partial charge in [-0.3, -0.25) is 4.79 Å². The summed E-state index contributed by atoms with van der Waals surface area (Å²) in [4.78, 5) is 25.1. The van der Waals surface area contributed by atoms with Gasteiger partial charge in [0.1, 0.15) is 6.29 Å². The van der Waals surface area contributed by atoms with Crippen molar-refractivity contribution < 1.29 is 14.3 Å². The monoisotopic (exact) mass is 471 g/mol. The Kier molecular flexibility index (Phi) is 7.61. The Morgan fingerprint density at radius 1 is 1.00 bits per heavy atom. The van der Waals surface area contributed by atoms with Gasteiger partial charge in [-0.15, -0.1) is 0 Å². The first-order valence-electron chi connectivity index (χ1n) is 11.2. The van der Waals surface area contributed by atoms with Gasteiger partial charge in [-0.25, -0.2) is 4.79 Å². The number of halogens is 1. The van der Waals surface area contributed by atoms with Gasteiger partial charge in [0.15, 0.2) is 0 Å². The molecule has 0 saturated heterocycles. The molecule has 1 atom stereocenters. The van der Waals surface area contributed by atoms with Crippen LogP contribution >= 0.6 is 11.6 Å².